The van der Waals surface area contributed by atoms with Crippen LogP contribution in [0.1, 0.15) is 10.8 Å². The zero-order valence-electron chi connectivity index (χ0n) is 11.4. The van der Waals surface area contributed by atoms with Crippen molar-refractivity contribution in [3.05, 3.63) is 58.0 Å². The highest BCUT2D eigenvalue weighted by atomic mass is 32.1. The van der Waals surface area contributed by atoms with Crippen molar-refractivity contribution in [2.24, 2.45) is 0 Å². The van der Waals surface area contributed by atoms with Gasteiger partial charge in [0.1, 0.15) is 12.2 Å². The van der Waals surface area contributed by atoms with Crippen LogP contribution in [0.15, 0.2) is 53.1 Å². The van der Waals surface area contributed by atoms with Gasteiger partial charge >= 0.3 is 0 Å². The van der Waals surface area contributed by atoms with Crippen molar-refractivity contribution >= 4 is 17.2 Å². The van der Waals surface area contributed by atoms with Gasteiger partial charge in [0.25, 0.3) is 0 Å². The van der Waals surface area contributed by atoms with E-state index >= 15 is 0 Å². The lowest BCUT2D eigenvalue weighted by molar-refractivity contribution is -0.120. The molecule has 1 aliphatic carbocycles. The third-order valence-corrected chi connectivity index (χ3v) is 4.84. The molecule has 0 radical (unpaired) electrons. The fourth-order valence-electron chi connectivity index (χ4n) is 2.78. The number of epoxide rings is 1. The first kappa shape index (κ1) is 13.0. The largest absolute Gasteiger partial charge is 0.371 e. The molecule has 1 aromatic rings. The topological polar surface area (TPSA) is 50.9 Å². The Balaban J connectivity index is 1.68. The van der Waals surface area contributed by atoms with Crippen LogP contribution in [0, 0.1) is 0 Å². The summed E-state index contributed by atoms with van der Waals surface area (Å²) in [5, 5.41) is 4.94. The molecule has 1 saturated heterocycles. The maximum Gasteiger partial charge on any atom is 0.237 e. The van der Waals surface area contributed by atoms with Crippen LogP contribution < -0.4 is 5.32 Å². The van der Waals surface area contributed by atoms with Crippen molar-refractivity contribution in [1.82, 2.24) is 5.32 Å². The van der Waals surface area contributed by atoms with E-state index in [2.05, 4.69) is 11.9 Å². The van der Waals surface area contributed by atoms with Crippen LogP contribution >= 0.6 is 11.3 Å². The zero-order valence-corrected chi connectivity index (χ0v) is 12.2. The number of rotatable bonds is 4. The molecule has 2 aliphatic heterocycles. The van der Waals surface area contributed by atoms with Gasteiger partial charge in [-0.2, -0.15) is 0 Å². The molecule has 108 valence electrons. The summed E-state index contributed by atoms with van der Waals surface area (Å²) in [5.41, 5.74) is 2.72. The van der Waals surface area contributed by atoms with E-state index in [1.807, 2.05) is 29.7 Å². The van der Waals surface area contributed by atoms with Gasteiger partial charge in [0.15, 0.2) is 0 Å². The Labute approximate surface area is 126 Å². The lowest BCUT2D eigenvalue weighted by atomic mass is 9.87. The monoisotopic (exact) mass is 301 g/mol. The molecule has 1 fully saturated rings. The summed E-state index contributed by atoms with van der Waals surface area (Å²) in [6, 6.07) is 3.96. The fraction of sp³-hybridized carbons (Fsp3) is 0.312. The molecule has 4 nitrogen and oxygen atoms in total. The molecule has 0 saturated carbocycles. The van der Waals surface area contributed by atoms with Gasteiger partial charge in [-0.3, -0.25) is 4.79 Å². The Morgan fingerprint density at radius 1 is 1.48 bits per heavy atom. The predicted molar refractivity (Wildman–Crippen MR) is 80.0 cm³/mol. The fourth-order valence-corrected chi connectivity index (χ4v) is 3.63. The Bertz CT molecular complexity index is 655. The molecule has 4 rings (SSSR count). The smallest absolute Gasteiger partial charge is 0.237 e. The Hall–Kier alpha value is -1.69. The number of carbonyl (C=O) groups is 1. The minimum atomic E-state index is -0.271. The van der Waals surface area contributed by atoms with Gasteiger partial charge in [0.05, 0.1) is 19.1 Å². The third kappa shape index (κ3) is 2.27. The summed E-state index contributed by atoms with van der Waals surface area (Å²) in [4.78, 5) is 13.4. The van der Waals surface area contributed by atoms with Crippen molar-refractivity contribution < 1.29 is 14.3 Å². The van der Waals surface area contributed by atoms with Gasteiger partial charge in [-0.25, -0.2) is 0 Å². The molecule has 3 heterocycles. The molecule has 3 atom stereocenters. The molecule has 5 heteroatoms. The SMILES string of the molecule is C=C1C=CC2=C(C1OCC1CO1)C(c1cccs1)C(=O)N2. The summed E-state index contributed by atoms with van der Waals surface area (Å²) in [7, 11) is 0. The van der Waals surface area contributed by atoms with E-state index in [9.17, 15) is 4.79 Å². The van der Waals surface area contributed by atoms with Crippen LogP contribution in [0.3, 0.4) is 0 Å². The third-order valence-electron chi connectivity index (χ3n) is 3.90. The number of ether oxygens (including phenoxy) is 2. The summed E-state index contributed by atoms with van der Waals surface area (Å²) >= 11 is 1.59. The molecule has 0 spiro atoms. The molecule has 3 aliphatic rings. The highest BCUT2D eigenvalue weighted by Crippen LogP contribution is 2.41. The predicted octanol–water partition coefficient (Wildman–Crippen LogP) is 2.13. The number of amides is 1. The van der Waals surface area contributed by atoms with Crippen molar-refractivity contribution in [3.63, 3.8) is 0 Å². The molecule has 1 amide bonds. The van der Waals surface area contributed by atoms with Crippen molar-refractivity contribution in [2.75, 3.05) is 13.2 Å². The molecule has 0 bridgehead atoms. The molecule has 3 unspecified atom stereocenters. The van der Waals surface area contributed by atoms with E-state index in [1.165, 1.54) is 0 Å². The average Bonchev–Trinajstić information content (AvgIpc) is 3.01. The van der Waals surface area contributed by atoms with E-state index in [0.29, 0.717) is 6.61 Å². The number of hydrogen-bond donors (Lipinski definition) is 1. The van der Waals surface area contributed by atoms with Gasteiger partial charge in [-0.05, 0) is 23.1 Å². The number of hydrogen-bond acceptors (Lipinski definition) is 4. The minimum absolute atomic E-state index is 0.0121. The van der Waals surface area contributed by atoms with Crippen LogP contribution in [-0.4, -0.2) is 31.3 Å². The number of thiophene rings is 1. The first-order chi connectivity index (χ1) is 10.2. The van der Waals surface area contributed by atoms with Crippen molar-refractivity contribution in [1.29, 1.82) is 0 Å². The van der Waals surface area contributed by atoms with Gasteiger partial charge in [0.2, 0.25) is 5.91 Å². The van der Waals surface area contributed by atoms with Gasteiger partial charge in [-0.15, -0.1) is 11.3 Å². The highest BCUT2D eigenvalue weighted by Gasteiger charge is 2.41. The second-order valence-corrected chi connectivity index (χ2v) is 6.36. The summed E-state index contributed by atoms with van der Waals surface area (Å²) in [6.45, 7) is 5.37. The summed E-state index contributed by atoms with van der Waals surface area (Å²) in [6.07, 6.45) is 3.77. The molecule has 1 N–H and O–H groups in total. The standard InChI is InChI=1S/C16H15NO3S/c1-9-4-5-11-13(15(9)20-8-10-7-19-10)14(16(18)17-11)12-3-2-6-21-12/h2-6,10,14-15H,1,7-8H2,(H,17,18). The lowest BCUT2D eigenvalue weighted by Crippen LogP contribution is -2.25. The quantitative estimate of drug-likeness (QED) is 0.867. The Morgan fingerprint density at radius 2 is 2.33 bits per heavy atom. The first-order valence-electron chi connectivity index (χ1n) is 6.92. The number of nitrogens with one attached hydrogen (secondary N) is 1. The number of allylic oxidation sites excluding steroid dienone is 1. The normalized spacial score (nSPS) is 30.6. The summed E-state index contributed by atoms with van der Waals surface area (Å²) < 4.78 is 11.2. The van der Waals surface area contributed by atoms with Crippen LogP contribution in [0.5, 0.6) is 0 Å². The van der Waals surface area contributed by atoms with Gasteiger partial charge < -0.3 is 14.8 Å². The van der Waals surface area contributed by atoms with Crippen LogP contribution in [-0.2, 0) is 14.3 Å². The molecule has 21 heavy (non-hydrogen) atoms. The lowest BCUT2D eigenvalue weighted by Gasteiger charge is -2.25. The minimum Gasteiger partial charge on any atom is -0.371 e. The molecular formula is C16H15NO3S. The maximum absolute atomic E-state index is 12.4. The van der Waals surface area contributed by atoms with E-state index in [0.717, 1.165) is 28.3 Å². The Morgan fingerprint density at radius 3 is 3.05 bits per heavy atom. The van der Waals surface area contributed by atoms with Gasteiger partial charge in [-0.1, -0.05) is 18.7 Å². The zero-order chi connectivity index (χ0) is 14.4. The molecule has 0 aromatic carbocycles. The second-order valence-electron chi connectivity index (χ2n) is 5.38. The van der Waals surface area contributed by atoms with E-state index in [1.54, 1.807) is 11.3 Å². The molecule has 1 aromatic heterocycles. The van der Waals surface area contributed by atoms with Crippen molar-refractivity contribution in [3.8, 4) is 0 Å². The van der Waals surface area contributed by atoms with Crippen LogP contribution in [0.25, 0.3) is 0 Å². The van der Waals surface area contributed by atoms with E-state index in [4.69, 9.17) is 9.47 Å². The maximum atomic E-state index is 12.4. The van der Waals surface area contributed by atoms with Gasteiger partial charge in [0, 0.05) is 16.1 Å². The highest BCUT2D eigenvalue weighted by molar-refractivity contribution is 7.10. The summed E-state index contributed by atoms with van der Waals surface area (Å²) in [5.74, 6) is -0.259. The second kappa shape index (κ2) is 4.94. The van der Waals surface area contributed by atoms with Crippen LogP contribution in [0.2, 0.25) is 0 Å². The molecular weight excluding hydrogens is 286 g/mol. The van der Waals surface area contributed by atoms with Crippen LogP contribution in [0.4, 0.5) is 0 Å². The Kier molecular flexibility index (Phi) is 3.06. The average molecular weight is 301 g/mol. The first-order valence-corrected chi connectivity index (χ1v) is 7.80. The van der Waals surface area contributed by atoms with E-state index in [-0.39, 0.29) is 24.0 Å². The van der Waals surface area contributed by atoms with Crippen molar-refractivity contribution in [2.45, 2.75) is 18.1 Å². The number of carbonyl (C=O) groups excluding carboxylic acids is 1. The van der Waals surface area contributed by atoms with E-state index < -0.39 is 0 Å².